The van der Waals surface area contributed by atoms with Crippen LogP contribution in [0.15, 0.2) is 23.2 Å². The van der Waals surface area contributed by atoms with Gasteiger partial charge in [0.2, 0.25) is 5.76 Å². The van der Waals surface area contributed by atoms with Crippen LogP contribution in [0.25, 0.3) is 0 Å². The molecule has 0 aromatic carbocycles. The number of carbonyl (C=O) groups excluding carboxylic acids is 2. The molecule has 0 bridgehead atoms. The van der Waals surface area contributed by atoms with Gasteiger partial charge in [0.1, 0.15) is 5.76 Å². The Morgan fingerprint density at radius 1 is 1.62 bits per heavy atom. The van der Waals surface area contributed by atoms with E-state index in [9.17, 15) is 9.59 Å². The predicted molar refractivity (Wildman–Crippen MR) is 41.5 cm³/mol. The Morgan fingerprint density at radius 2 is 2.23 bits per heavy atom. The van der Waals surface area contributed by atoms with Gasteiger partial charge in [0.25, 0.3) is 0 Å². The highest BCUT2D eigenvalue weighted by Crippen LogP contribution is 2.23. The molecule has 0 aliphatic carbocycles. The fourth-order valence-electron chi connectivity index (χ4n) is 0.798. The Hall–Kier alpha value is -1.78. The molecule has 1 rings (SSSR count). The lowest BCUT2D eigenvalue weighted by Gasteiger charge is -1.96. The quantitative estimate of drug-likeness (QED) is 0.472. The van der Waals surface area contributed by atoms with Crippen molar-refractivity contribution in [1.82, 2.24) is 0 Å². The standard InChI is InChI=1S/C8H8O5/c1-4-5(3-6(9)12-2)13-8(11)7(4)10/h3,10H,1-2H3/b5-3-. The lowest BCUT2D eigenvalue weighted by Crippen LogP contribution is -2.00. The Morgan fingerprint density at radius 3 is 2.62 bits per heavy atom. The van der Waals surface area contributed by atoms with Gasteiger partial charge in [0.05, 0.1) is 13.2 Å². The summed E-state index contributed by atoms with van der Waals surface area (Å²) in [4.78, 5) is 21.5. The average molecular weight is 184 g/mol. The molecule has 0 aromatic heterocycles. The molecular formula is C8H8O5. The SMILES string of the molecule is COC(=O)/C=C1\OC(=O)C(O)=C1C. The topological polar surface area (TPSA) is 72.8 Å². The number of allylic oxidation sites excluding steroid dienone is 1. The van der Waals surface area contributed by atoms with Crippen LogP contribution in [0.1, 0.15) is 6.92 Å². The van der Waals surface area contributed by atoms with Crippen LogP contribution < -0.4 is 0 Å². The monoisotopic (exact) mass is 184 g/mol. The van der Waals surface area contributed by atoms with E-state index in [-0.39, 0.29) is 11.3 Å². The van der Waals surface area contributed by atoms with Gasteiger partial charge < -0.3 is 14.6 Å². The Balaban J connectivity index is 2.94. The number of esters is 2. The second-order valence-electron chi connectivity index (χ2n) is 2.39. The molecule has 0 radical (unpaired) electrons. The molecule has 0 spiro atoms. The van der Waals surface area contributed by atoms with Crippen molar-refractivity contribution in [2.75, 3.05) is 7.11 Å². The zero-order valence-electron chi connectivity index (χ0n) is 7.16. The van der Waals surface area contributed by atoms with Gasteiger partial charge in [0, 0.05) is 5.57 Å². The first-order valence-electron chi connectivity index (χ1n) is 3.48. The van der Waals surface area contributed by atoms with Gasteiger partial charge in [0.15, 0.2) is 0 Å². The number of ether oxygens (including phenoxy) is 2. The van der Waals surface area contributed by atoms with Crippen molar-refractivity contribution in [3.8, 4) is 0 Å². The second kappa shape index (κ2) is 3.30. The fourth-order valence-corrected chi connectivity index (χ4v) is 0.798. The molecule has 0 atom stereocenters. The van der Waals surface area contributed by atoms with Gasteiger partial charge in [-0.15, -0.1) is 0 Å². The maximum atomic E-state index is 10.7. The minimum atomic E-state index is -0.854. The van der Waals surface area contributed by atoms with Crippen molar-refractivity contribution in [2.24, 2.45) is 0 Å². The molecule has 0 saturated heterocycles. The normalized spacial score (nSPS) is 19.2. The van der Waals surface area contributed by atoms with Gasteiger partial charge >= 0.3 is 11.9 Å². The van der Waals surface area contributed by atoms with E-state index in [2.05, 4.69) is 9.47 Å². The molecule has 0 saturated carbocycles. The van der Waals surface area contributed by atoms with Gasteiger partial charge in [-0.05, 0) is 6.92 Å². The minimum absolute atomic E-state index is 0.0225. The smallest absolute Gasteiger partial charge is 0.379 e. The third-order valence-electron chi connectivity index (χ3n) is 1.57. The van der Waals surface area contributed by atoms with Crippen LogP contribution in [-0.4, -0.2) is 24.2 Å². The largest absolute Gasteiger partial charge is 0.502 e. The van der Waals surface area contributed by atoms with E-state index in [1.54, 1.807) is 0 Å². The lowest BCUT2D eigenvalue weighted by molar-refractivity contribution is -0.136. The summed E-state index contributed by atoms with van der Waals surface area (Å²) >= 11 is 0. The average Bonchev–Trinajstić information content (AvgIpc) is 2.34. The van der Waals surface area contributed by atoms with E-state index in [0.29, 0.717) is 0 Å². The summed E-state index contributed by atoms with van der Waals surface area (Å²) < 4.78 is 8.88. The molecule has 5 nitrogen and oxygen atoms in total. The molecule has 70 valence electrons. The Bertz CT molecular complexity index is 323. The molecule has 1 heterocycles. The summed E-state index contributed by atoms with van der Waals surface area (Å²) in [5, 5.41) is 9.03. The zero-order chi connectivity index (χ0) is 10.0. The summed E-state index contributed by atoms with van der Waals surface area (Å²) in [6, 6.07) is 0. The van der Waals surface area contributed by atoms with Crippen LogP contribution in [0.2, 0.25) is 0 Å². The zero-order valence-corrected chi connectivity index (χ0v) is 7.16. The molecule has 1 aliphatic heterocycles. The van der Waals surface area contributed by atoms with Crippen LogP contribution in [0.4, 0.5) is 0 Å². The molecule has 0 unspecified atom stereocenters. The van der Waals surface area contributed by atoms with Gasteiger partial charge in [-0.25, -0.2) is 9.59 Å². The highest BCUT2D eigenvalue weighted by atomic mass is 16.6. The first-order valence-corrected chi connectivity index (χ1v) is 3.48. The molecule has 0 fully saturated rings. The number of cyclic esters (lactones) is 1. The molecule has 0 aromatic rings. The molecule has 1 aliphatic rings. The van der Waals surface area contributed by atoms with Crippen LogP contribution >= 0.6 is 0 Å². The van der Waals surface area contributed by atoms with Gasteiger partial charge in [-0.3, -0.25) is 0 Å². The van der Waals surface area contributed by atoms with E-state index in [0.717, 1.165) is 6.08 Å². The van der Waals surface area contributed by atoms with E-state index in [1.807, 2.05) is 0 Å². The van der Waals surface area contributed by atoms with Gasteiger partial charge in [-0.1, -0.05) is 0 Å². The third-order valence-corrected chi connectivity index (χ3v) is 1.57. The number of methoxy groups -OCH3 is 1. The van der Waals surface area contributed by atoms with Crippen LogP contribution in [0.3, 0.4) is 0 Å². The Kier molecular flexibility index (Phi) is 2.36. The van der Waals surface area contributed by atoms with Crippen molar-refractivity contribution in [1.29, 1.82) is 0 Å². The van der Waals surface area contributed by atoms with Crippen LogP contribution in [-0.2, 0) is 19.1 Å². The Labute approximate surface area is 74.3 Å². The van der Waals surface area contributed by atoms with E-state index >= 15 is 0 Å². The molecule has 5 heteroatoms. The van der Waals surface area contributed by atoms with Crippen molar-refractivity contribution >= 4 is 11.9 Å². The number of hydrogen-bond acceptors (Lipinski definition) is 5. The maximum absolute atomic E-state index is 10.7. The van der Waals surface area contributed by atoms with Crippen LogP contribution in [0, 0.1) is 0 Å². The summed E-state index contributed by atoms with van der Waals surface area (Å²) in [5.74, 6) is -1.95. The highest BCUT2D eigenvalue weighted by Gasteiger charge is 2.27. The van der Waals surface area contributed by atoms with Crippen molar-refractivity contribution in [3.63, 3.8) is 0 Å². The molecule has 0 amide bonds. The van der Waals surface area contributed by atoms with Crippen molar-refractivity contribution < 1.29 is 24.2 Å². The van der Waals surface area contributed by atoms with E-state index < -0.39 is 17.7 Å². The maximum Gasteiger partial charge on any atom is 0.379 e. The summed E-state index contributed by atoms with van der Waals surface area (Å²) in [5.41, 5.74) is 0.232. The predicted octanol–water partition coefficient (Wildman–Crippen LogP) is 0.432. The molecule has 13 heavy (non-hydrogen) atoms. The van der Waals surface area contributed by atoms with Crippen LogP contribution in [0.5, 0.6) is 0 Å². The van der Waals surface area contributed by atoms with E-state index in [4.69, 9.17) is 5.11 Å². The number of aliphatic hydroxyl groups excluding tert-OH is 1. The minimum Gasteiger partial charge on any atom is -0.502 e. The second-order valence-corrected chi connectivity index (χ2v) is 2.39. The third kappa shape index (κ3) is 1.69. The number of aliphatic hydroxyl groups is 1. The molecular weight excluding hydrogens is 176 g/mol. The highest BCUT2D eigenvalue weighted by molar-refractivity contribution is 5.94. The molecule has 1 N–H and O–H groups in total. The summed E-state index contributed by atoms with van der Waals surface area (Å²) in [6.07, 6.45) is 0.996. The fraction of sp³-hybridized carbons (Fsp3) is 0.250. The number of rotatable bonds is 1. The van der Waals surface area contributed by atoms with Crippen molar-refractivity contribution in [2.45, 2.75) is 6.92 Å². The van der Waals surface area contributed by atoms with Crippen molar-refractivity contribution in [3.05, 3.63) is 23.2 Å². The van der Waals surface area contributed by atoms with Gasteiger partial charge in [-0.2, -0.15) is 0 Å². The first kappa shape index (κ1) is 9.31. The summed E-state index contributed by atoms with van der Waals surface area (Å²) in [6.45, 7) is 1.47. The number of hydrogen-bond donors (Lipinski definition) is 1. The van der Waals surface area contributed by atoms with E-state index in [1.165, 1.54) is 14.0 Å². The first-order chi connectivity index (χ1) is 6.06. The number of carbonyl (C=O) groups is 2. The summed E-state index contributed by atoms with van der Waals surface area (Å²) in [7, 11) is 1.20. The lowest BCUT2D eigenvalue weighted by atomic mass is 10.2.